The van der Waals surface area contributed by atoms with E-state index in [0.29, 0.717) is 16.8 Å². The third kappa shape index (κ3) is 6.66. The molecule has 2 aromatic carbocycles. The zero-order chi connectivity index (χ0) is 23.4. The minimum absolute atomic E-state index is 0.0717. The van der Waals surface area contributed by atoms with E-state index in [4.69, 9.17) is 4.74 Å². The molecule has 0 atom stereocenters. The van der Waals surface area contributed by atoms with Crippen molar-refractivity contribution in [2.24, 2.45) is 4.99 Å². The Morgan fingerprint density at radius 3 is 2.38 bits per heavy atom. The molecule has 0 spiro atoms. The Bertz CT molecular complexity index is 1130. The van der Waals surface area contributed by atoms with E-state index in [0.717, 1.165) is 0 Å². The molecule has 0 saturated carbocycles. The van der Waals surface area contributed by atoms with E-state index < -0.39 is 34.6 Å². The van der Waals surface area contributed by atoms with Crippen LogP contribution < -0.4 is 4.90 Å². The molecule has 1 aliphatic heterocycles. The smallest absolute Gasteiger partial charge is 0.402 e. The predicted molar refractivity (Wildman–Crippen MR) is 113 cm³/mol. The standard InChI is InChI=1S/C21H19F3N2O5S/c1-26(11-12-32(28,29)30-14-21(22,23)24)17-9-7-15(8-10-17)13-18-20(27)31-19(25-18)16-5-3-2-4-6-16/h2-10,13H,11-12,14H2,1H3. The van der Waals surface area contributed by atoms with Crippen molar-refractivity contribution in [1.82, 2.24) is 0 Å². The average molecular weight is 468 g/mol. The van der Waals surface area contributed by atoms with E-state index in [9.17, 15) is 26.4 Å². The van der Waals surface area contributed by atoms with Crippen LogP contribution in [0, 0.1) is 0 Å². The summed E-state index contributed by atoms with van der Waals surface area (Å²) in [7, 11) is -2.72. The van der Waals surface area contributed by atoms with Gasteiger partial charge in [-0.2, -0.15) is 21.6 Å². The van der Waals surface area contributed by atoms with E-state index in [-0.39, 0.29) is 18.1 Å². The molecule has 3 rings (SSSR count). The van der Waals surface area contributed by atoms with Crippen molar-refractivity contribution in [2.45, 2.75) is 6.18 Å². The molecule has 1 heterocycles. The Morgan fingerprint density at radius 1 is 1.09 bits per heavy atom. The van der Waals surface area contributed by atoms with Crippen molar-refractivity contribution < 1.29 is 35.3 Å². The molecule has 0 bridgehead atoms. The summed E-state index contributed by atoms with van der Waals surface area (Å²) in [5, 5.41) is 0. The largest absolute Gasteiger partial charge is 0.413 e. The molecule has 11 heteroatoms. The number of carbonyl (C=O) groups is 1. The number of aliphatic imine (C=N–C) groups is 1. The molecule has 0 N–H and O–H groups in total. The predicted octanol–water partition coefficient (Wildman–Crippen LogP) is 3.38. The van der Waals surface area contributed by atoms with Crippen LogP contribution in [0.5, 0.6) is 0 Å². The fraction of sp³-hybridized carbons (Fsp3) is 0.238. The lowest BCUT2D eigenvalue weighted by molar-refractivity contribution is -0.152. The van der Waals surface area contributed by atoms with Crippen LogP contribution in [0.4, 0.5) is 18.9 Å². The first-order valence-corrected chi connectivity index (χ1v) is 10.9. The first-order valence-electron chi connectivity index (χ1n) is 9.35. The van der Waals surface area contributed by atoms with Crippen LogP contribution in [0.2, 0.25) is 0 Å². The molecule has 0 saturated heterocycles. The molecular weight excluding hydrogens is 449 g/mol. The van der Waals surface area contributed by atoms with E-state index in [1.54, 1.807) is 66.6 Å². The average Bonchev–Trinajstić information content (AvgIpc) is 3.12. The molecule has 7 nitrogen and oxygen atoms in total. The SMILES string of the molecule is CN(CCS(=O)(=O)OCC(F)(F)F)c1ccc(C=C2N=C(c3ccccc3)OC2=O)cc1. The lowest BCUT2D eigenvalue weighted by Crippen LogP contribution is -2.28. The quantitative estimate of drug-likeness (QED) is 0.336. The van der Waals surface area contributed by atoms with Gasteiger partial charge in [0.25, 0.3) is 10.1 Å². The van der Waals surface area contributed by atoms with Crippen molar-refractivity contribution in [3.8, 4) is 0 Å². The molecule has 0 aromatic heterocycles. The highest BCUT2D eigenvalue weighted by Crippen LogP contribution is 2.21. The normalized spacial score (nSPS) is 15.6. The summed E-state index contributed by atoms with van der Waals surface area (Å²) in [6.07, 6.45) is -3.17. The molecule has 2 aromatic rings. The summed E-state index contributed by atoms with van der Waals surface area (Å²) < 4.78 is 68.8. The van der Waals surface area contributed by atoms with Gasteiger partial charge in [0.1, 0.15) is 0 Å². The number of anilines is 1. The molecular formula is C21H19F3N2O5S. The van der Waals surface area contributed by atoms with Crippen LogP contribution in [0.3, 0.4) is 0 Å². The lowest BCUT2D eigenvalue weighted by Gasteiger charge is -2.19. The first-order chi connectivity index (χ1) is 15.0. The third-order valence-electron chi connectivity index (χ3n) is 4.36. The molecule has 0 fully saturated rings. The molecule has 0 unspecified atom stereocenters. The topological polar surface area (TPSA) is 85.3 Å². The minimum atomic E-state index is -4.72. The third-order valence-corrected chi connectivity index (χ3v) is 5.52. The van der Waals surface area contributed by atoms with Gasteiger partial charge >= 0.3 is 12.1 Å². The maximum Gasteiger partial charge on any atom is 0.413 e. The number of carbonyl (C=O) groups excluding carboxylic acids is 1. The van der Waals surface area contributed by atoms with Crippen LogP contribution in [-0.2, 0) is 23.8 Å². The molecule has 32 heavy (non-hydrogen) atoms. The zero-order valence-electron chi connectivity index (χ0n) is 16.9. The highest BCUT2D eigenvalue weighted by molar-refractivity contribution is 7.86. The number of nitrogens with zero attached hydrogens (tertiary/aromatic N) is 2. The van der Waals surface area contributed by atoms with E-state index >= 15 is 0 Å². The van der Waals surface area contributed by atoms with Gasteiger partial charge in [-0.3, -0.25) is 4.18 Å². The van der Waals surface area contributed by atoms with Crippen LogP contribution in [0.15, 0.2) is 65.3 Å². The molecule has 170 valence electrons. The van der Waals surface area contributed by atoms with Crippen LogP contribution in [0.25, 0.3) is 6.08 Å². The fourth-order valence-electron chi connectivity index (χ4n) is 2.69. The van der Waals surface area contributed by atoms with E-state index in [2.05, 4.69) is 9.18 Å². The second-order valence-electron chi connectivity index (χ2n) is 6.85. The van der Waals surface area contributed by atoms with Crippen molar-refractivity contribution in [3.05, 3.63) is 71.4 Å². The van der Waals surface area contributed by atoms with Gasteiger partial charge in [-0.05, 0) is 35.9 Å². The molecule has 0 radical (unpaired) electrons. The maximum absolute atomic E-state index is 12.1. The van der Waals surface area contributed by atoms with Crippen LogP contribution in [-0.4, -0.2) is 52.4 Å². The maximum atomic E-state index is 12.1. The second-order valence-corrected chi connectivity index (χ2v) is 8.61. The summed E-state index contributed by atoms with van der Waals surface area (Å²) in [6.45, 7) is -1.92. The summed E-state index contributed by atoms with van der Waals surface area (Å²) in [5.74, 6) is -0.963. The summed E-state index contributed by atoms with van der Waals surface area (Å²) in [4.78, 5) is 17.9. The number of rotatable bonds is 8. The number of ether oxygens (including phenoxy) is 1. The Hall–Kier alpha value is -3.18. The monoisotopic (exact) mass is 468 g/mol. The summed E-state index contributed by atoms with van der Waals surface area (Å²) >= 11 is 0. The Labute approximate surface area is 182 Å². The van der Waals surface area contributed by atoms with Gasteiger partial charge in [0, 0.05) is 24.8 Å². The van der Waals surface area contributed by atoms with Crippen molar-refractivity contribution >= 4 is 33.7 Å². The first kappa shape index (κ1) is 23.5. The van der Waals surface area contributed by atoms with Crippen LogP contribution >= 0.6 is 0 Å². The lowest BCUT2D eigenvalue weighted by atomic mass is 10.1. The van der Waals surface area contributed by atoms with Crippen molar-refractivity contribution in [1.29, 1.82) is 0 Å². The van der Waals surface area contributed by atoms with Gasteiger partial charge in [0.15, 0.2) is 12.3 Å². The van der Waals surface area contributed by atoms with Gasteiger partial charge in [0.2, 0.25) is 5.90 Å². The number of halogens is 3. The Balaban J connectivity index is 1.62. The molecule has 0 amide bonds. The van der Waals surface area contributed by atoms with Gasteiger partial charge < -0.3 is 9.64 Å². The number of hydrogen-bond donors (Lipinski definition) is 0. The van der Waals surface area contributed by atoms with Crippen molar-refractivity contribution in [2.75, 3.05) is 30.9 Å². The zero-order valence-corrected chi connectivity index (χ0v) is 17.7. The van der Waals surface area contributed by atoms with Crippen LogP contribution in [0.1, 0.15) is 11.1 Å². The van der Waals surface area contributed by atoms with Gasteiger partial charge in [-0.15, -0.1) is 0 Å². The number of hydrogen-bond acceptors (Lipinski definition) is 7. The Kier molecular flexibility index (Phi) is 6.99. The number of esters is 1. The summed E-state index contributed by atoms with van der Waals surface area (Å²) in [6, 6.07) is 15.7. The van der Waals surface area contributed by atoms with E-state index in [1.165, 1.54) is 0 Å². The number of cyclic esters (lactones) is 1. The van der Waals surface area contributed by atoms with Gasteiger partial charge in [-0.25, -0.2) is 9.79 Å². The van der Waals surface area contributed by atoms with Gasteiger partial charge in [0.05, 0.1) is 5.75 Å². The minimum Gasteiger partial charge on any atom is -0.402 e. The highest BCUT2D eigenvalue weighted by atomic mass is 32.2. The van der Waals surface area contributed by atoms with E-state index in [1.807, 2.05) is 6.07 Å². The van der Waals surface area contributed by atoms with Crippen molar-refractivity contribution in [3.63, 3.8) is 0 Å². The highest BCUT2D eigenvalue weighted by Gasteiger charge is 2.31. The number of benzene rings is 2. The van der Waals surface area contributed by atoms with Gasteiger partial charge in [-0.1, -0.05) is 30.3 Å². The Morgan fingerprint density at radius 2 is 1.75 bits per heavy atom. The second kappa shape index (κ2) is 9.53. The molecule has 1 aliphatic rings. The molecule has 0 aliphatic carbocycles. The number of alkyl halides is 3. The fourth-order valence-corrected chi connectivity index (χ4v) is 3.62. The summed E-state index contributed by atoms with van der Waals surface area (Å²) in [5.41, 5.74) is 2.10.